The van der Waals surface area contributed by atoms with E-state index in [0.717, 1.165) is 35.6 Å². The average Bonchev–Trinajstić information content (AvgIpc) is 3.49. The Hall–Kier alpha value is -3.85. The Labute approximate surface area is 237 Å². The lowest BCUT2D eigenvalue weighted by Gasteiger charge is -2.33. The number of sulfonamides is 1. The maximum absolute atomic E-state index is 14.1. The van der Waals surface area contributed by atoms with Crippen LogP contribution >= 0.6 is 0 Å². The lowest BCUT2D eigenvalue weighted by atomic mass is 10.1. The van der Waals surface area contributed by atoms with Crippen molar-refractivity contribution in [3.63, 3.8) is 0 Å². The maximum Gasteiger partial charge on any atom is 0.264 e. The van der Waals surface area contributed by atoms with Gasteiger partial charge in [0.2, 0.25) is 11.8 Å². The van der Waals surface area contributed by atoms with Crippen LogP contribution in [0.3, 0.4) is 0 Å². The summed E-state index contributed by atoms with van der Waals surface area (Å²) >= 11 is 0. The fraction of sp³-hybridized carbons (Fsp3) is 0.355. The van der Waals surface area contributed by atoms with Crippen LogP contribution in [-0.4, -0.2) is 50.9 Å². The molecule has 0 unspecified atom stereocenters. The number of nitrogens with one attached hydrogen (secondary N) is 1. The van der Waals surface area contributed by atoms with E-state index >= 15 is 0 Å². The van der Waals surface area contributed by atoms with Gasteiger partial charge in [0.1, 0.15) is 18.3 Å². The first-order chi connectivity index (χ1) is 19.3. The number of nitrogens with zero attached hydrogens (tertiary/aromatic N) is 2. The summed E-state index contributed by atoms with van der Waals surface area (Å²) in [4.78, 5) is 29.1. The number of benzene rings is 3. The lowest BCUT2D eigenvalue weighted by Crippen LogP contribution is -2.53. The topological polar surface area (TPSA) is 96.0 Å². The molecule has 1 fully saturated rings. The van der Waals surface area contributed by atoms with Crippen LogP contribution in [0.25, 0.3) is 0 Å². The molecule has 2 amide bonds. The zero-order chi connectivity index (χ0) is 28.5. The van der Waals surface area contributed by atoms with Crippen LogP contribution < -0.4 is 14.4 Å². The quantitative estimate of drug-likeness (QED) is 0.343. The summed E-state index contributed by atoms with van der Waals surface area (Å²) in [5.74, 6) is -0.110. The van der Waals surface area contributed by atoms with Gasteiger partial charge in [0.15, 0.2) is 0 Å². The predicted octanol–water partition coefficient (Wildman–Crippen LogP) is 4.76. The molecule has 4 rings (SSSR count). The molecule has 0 heterocycles. The number of hydrogen-bond acceptors (Lipinski definition) is 5. The number of hydrogen-bond donors (Lipinski definition) is 1. The first-order valence-corrected chi connectivity index (χ1v) is 15.1. The first-order valence-electron chi connectivity index (χ1n) is 13.7. The monoisotopic (exact) mass is 563 g/mol. The zero-order valence-electron chi connectivity index (χ0n) is 23.0. The van der Waals surface area contributed by atoms with Crippen molar-refractivity contribution >= 4 is 27.5 Å². The molecular formula is C31H37N3O5S. The maximum atomic E-state index is 14.1. The van der Waals surface area contributed by atoms with Crippen molar-refractivity contribution in [2.24, 2.45) is 0 Å². The zero-order valence-corrected chi connectivity index (χ0v) is 23.8. The molecule has 0 spiro atoms. The highest BCUT2D eigenvalue weighted by atomic mass is 32.2. The number of rotatable bonds is 12. The first kappa shape index (κ1) is 29.1. The van der Waals surface area contributed by atoms with E-state index in [1.807, 2.05) is 37.3 Å². The minimum atomic E-state index is -4.10. The molecule has 1 aliphatic rings. The number of ether oxygens (including phenoxy) is 1. The highest BCUT2D eigenvalue weighted by Crippen LogP contribution is 2.27. The van der Waals surface area contributed by atoms with E-state index in [1.165, 1.54) is 24.1 Å². The van der Waals surface area contributed by atoms with Crippen molar-refractivity contribution in [2.75, 3.05) is 18.0 Å². The molecular weight excluding hydrogens is 526 g/mol. The fourth-order valence-corrected chi connectivity index (χ4v) is 6.50. The van der Waals surface area contributed by atoms with Crippen LogP contribution in [0.1, 0.15) is 44.6 Å². The second-order valence-electron chi connectivity index (χ2n) is 9.94. The van der Waals surface area contributed by atoms with Gasteiger partial charge in [-0.15, -0.1) is 0 Å². The molecule has 0 aliphatic heterocycles. The van der Waals surface area contributed by atoms with Crippen molar-refractivity contribution in [1.29, 1.82) is 0 Å². The van der Waals surface area contributed by atoms with Gasteiger partial charge in [0.05, 0.1) is 17.7 Å². The molecule has 0 saturated heterocycles. The Kier molecular flexibility index (Phi) is 9.82. The van der Waals surface area contributed by atoms with Crippen molar-refractivity contribution in [1.82, 2.24) is 10.2 Å². The van der Waals surface area contributed by atoms with E-state index in [4.69, 9.17) is 4.74 Å². The van der Waals surface area contributed by atoms with Gasteiger partial charge in [-0.3, -0.25) is 13.9 Å². The Morgan fingerprint density at radius 3 is 2.10 bits per heavy atom. The van der Waals surface area contributed by atoms with E-state index < -0.39 is 28.5 Å². The third-order valence-electron chi connectivity index (χ3n) is 7.25. The molecule has 1 saturated carbocycles. The summed E-state index contributed by atoms with van der Waals surface area (Å²) in [5, 5.41) is 3.13. The highest BCUT2D eigenvalue weighted by Gasteiger charge is 2.34. The van der Waals surface area contributed by atoms with Crippen LogP contribution in [0.15, 0.2) is 89.8 Å². The minimum Gasteiger partial charge on any atom is -0.497 e. The van der Waals surface area contributed by atoms with Crippen molar-refractivity contribution < 1.29 is 22.7 Å². The number of anilines is 1. The summed E-state index contributed by atoms with van der Waals surface area (Å²) in [6.07, 6.45) is 4.39. The van der Waals surface area contributed by atoms with Crippen molar-refractivity contribution in [2.45, 2.75) is 62.6 Å². The largest absolute Gasteiger partial charge is 0.497 e. The Morgan fingerprint density at radius 1 is 0.925 bits per heavy atom. The average molecular weight is 564 g/mol. The van der Waals surface area contributed by atoms with Crippen molar-refractivity contribution in [3.05, 3.63) is 90.5 Å². The van der Waals surface area contributed by atoms with Gasteiger partial charge in [-0.05, 0) is 61.2 Å². The van der Waals surface area contributed by atoms with Crippen molar-refractivity contribution in [3.8, 4) is 5.75 Å². The van der Waals surface area contributed by atoms with Gasteiger partial charge in [-0.25, -0.2) is 8.42 Å². The molecule has 0 aromatic heterocycles. The van der Waals surface area contributed by atoms with Gasteiger partial charge < -0.3 is 15.0 Å². The van der Waals surface area contributed by atoms with Crippen LogP contribution in [-0.2, 0) is 26.2 Å². The number of methoxy groups -OCH3 is 1. The molecule has 3 aromatic rings. The highest BCUT2D eigenvalue weighted by molar-refractivity contribution is 7.92. The normalized spacial score (nSPS) is 14.3. The summed E-state index contributed by atoms with van der Waals surface area (Å²) in [6.45, 7) is 1.58. The van der Waals surface area contributed by atoms with E-state index in [2.05, 4.69) is 5.32 Å². The Bertz CT molecular complexity index is 1360. The number of amides is 2. The molecule has 8 nitrogen and oxygen atoms in total. The molecule has 3 aromatic carbocycles. The van der Waals surface area contributed by atoms with Crippen LogP contribution in [0, 0.1) is 0 Å². The van der Waals surface area contributed by atoms with E-state index in [0.29, 0.717) is 17.9 Å². The SMILES string of the molecule is CC[C@H](C(=O)NC1CCCC1)N(Cc1ccccc1)C(=O)CN(c1ccc(OC)cc1)S(=O)(=O)c1ccccc1. The molecule has 9 heteroatoms. The molecule has 40 heavy (non-hydrogen) atoms. The summed E-state index contributed by atoms with van der Waals surface area (Å²) < 4.78 is 34.0. The smallest absolute Gasteiger partial charge is 0.264 e. The van der Waals surface area contributed by atoms with Gasteiger partial charge in [0, 0.05) is 12.6 Å². The molecule has 1 aliphatic carbocycles. The molecule has 0 bridgehead atoms. The van der Waals surface area contributed by atoms with Crippen LogP contribution in [0.4, 0.5) is 5.69 Å². The molecule has 1 atom stereocenters. The standard InChI is InChI=1S/C31H37N3O5S/c1-3-29(31(36)32-25-14-10-11-15-25)33(22-24-12-6-4-7-13-24)30(35)23-34(26-18-20-27(39-2)21-19-26)40(37,38)28-16-8-5-9-17-28/h4-9,12-13,16-21,25,29H,3,10-11,14-15,22-23H2,1-2H3,(H,32,36)/t29-/m1/s1. The summed E-state index contributed by atoms with van der Waals surface area (Å²) in [6, 6.07) is 23.3. The molecule has 1 N–H and O–H groups in total. The van der Waals surface area contributed by atoms with E-state index in [-0.39, 0.29) is 23.4 Å². The van der Waals surface area contributed by atoms with Gasteiger partial charge >= 0.3 is 0 Å². The summed E-state index contributed by atoms with van der Waals surface area (Å²) in [5.41, 5.74) is 1.17. The number of carbonyl (C=O) groups excluding carboxylic acids is 2. The molecule has 212 valence electrons. The predicted molar refractivity (Wildman–Crippen MR) is 155 cm³/mol. The lowest BCUT2D eigenvalue weighted by molar-refractivity contribution is -0.140. The van der Waals surface area contributed by atoms with Crippen LogP contribution in [0.5, 0.6) is 5.75 Å². The summed E-state index contributed by atoms with van der Waals surface area (Å²) in [7, 11) is -2.57. The second kappa shape index (κ2) is 13.5. The van der Waals surface area contributed by atoms with Gasteiger partial charge in [0.25, 0.3) is 10.0 Å². The van der Waals surface area contributed by atoms with E-state index in [9.17, 15) is 18.0 Å². The Morgan fingerprint density at radius 2 is 1.52 bits per heavy atom. The Balaban J connectivity index is 1.69. The second-order valence-corrected chi connectivity index (χ2v) is 11.8. The third kappa shape index (κ3) is 7.01. The van der Waals surface area contributed by atoms with Crippen LogP contribution in [0.2, 0.25) is 0 Å². The van der Waals surface area contributed by atoms with Gasteiger partial charge in [-0.2, -0.15) is 0 Å². The fourth-order valence-electron chi connectivity index (χ4n) is 5.06. The third-order valence-corrected chi connectivity index (χ3v) is 9.04. The van der Waals surface area contributed by atoms with E-state index in [1.54, 1.807) is 42.5 Å². The minimum absolute atomic E-state index is 0.0687. The molecule has 0 radical (unpaired) electrons. The van der Waals surface area contributed by atoms with Gasteiger partial charge in [-0.1, -0.05) is 68.3 Å². The number of carbonyl (C=O) groups is 2.